The molecule has 0 aliphatic heterocycles. The molecule has 2 rings (SSSR count). The molecule has 6 heteroatoms. The maximum absolute atomic E-state index is 12.6. The van der Waals surface area contributed by atoms with Gasteiger partial charge in [-0.2, -0.15) is 0 Å². The molecule has 1 N–H and O–H groups in total. The van der Waals surface area contributed by atoms with Crippen molar-refractivity contribution < 1.29 is 13.2 Å². The van der Waals surface area contributed by atoms with Gasteiger partial charge in [-0.1, -0.05) is 18.2 Å². The highest BCUT2D eigenvalue weighted by Crippen LogP contribution is 2.23. The Hall–Kier alpha value is -1.89. The van der Waals surface area contributed by atoms with Gasteiger partial charge < -0.3 is 9.64 Å². The third-order valence-electron chi connectivity index (χ3n) is 4.36. The van der Waals surface area contributed by atoms with Gasteiger partial charge in [-0.15, -0.1) is 0 Å². The van der Waals surface area contributed by atoms with E-state index in [0.717, 1.165) is 22.4 Å². The highest BCUT2D eigenvalue weighted by Gasteiger charge is 2.20. The highest BCUT2D eigenvalue weighted by atomic mass is 32.2. The van der Waals surface area contributed by atoms with Crippen molar-refractivity contribution in [1.82, 2.24) is 9.62 Å². The molecule has 0 saturated heterocycles. The predicted molar refractivity (Wildman–Crippen MR) is 101 cm³/mol. The summed E-state index contributed by atoms with van der Waals surface area (Å²) in [5.74, 6) is 0.751. The largest absolute Gasteiger partial charge is 0.497 e. The molecule has 0 amide bonds. The average molecular weight is 362 g/mol. The van der Waals surface area contributed by atoms with Gasteiger partial charge in [-0.3, -0.25) is 0 Å². The number of hydrogen-bond donors (Lipinski definition) is 1. The first-order valence-electron chi connectivity index (χ1n) is 8.12. The molecule has 5 nitrogen and oxygen atoms in total. The summed E-state index contributed by atoms with van der Waals surface area (Å²) in [5, 5.41) is 0. The van der Waals surface area contributed by atoms with Crippen LogP contribution in [0.15, 0.2) is 47.4 Å². The van der Waals surface area contributed by atoms with Gasteiger partial charge in [0.05, 0.1) is 12.0 Å². The number of nitrogens with one attached hydrogen (secondary N) is 1. The molecule has 25 heavy (non-hydrogen) atoms. The number of rotatable bonds is 7. The van der Waals surface area contributed by atoms with E-state index in [-0.39, 0.29) is 12.6 Å². The number of hydrogen-bond acceptors (Lipinski definition) is 4. The minimum atomic E-state index is -3.56. The first kappa shape index (κ1) is 19.4. The highest BCUT2D eigenvalue weighted by molar-refractivity contribution is 7.89. The number of benzene rings is 2. The van der Waals surface area contributed by atoms with Crippen LogP contribution in [0.1, 0.15) is 22.7 Å². The molecule has 0 aliphatic carbocycles. The van der Waals surface area contributed by atoms with Gasteiger partial charge in [-0.05, 0) is 68.9 Å². The standard InChI is InChI=1S/C19H26N2O3S/c1-14-9-10-18(11-15(14)2)25(22,23)20-13-19(21(3)4)16-7-6-8-17(12-16)24-5/h6-12,19-20H,13H2,1-5H3. The van der Waals surface area contributed by atoms with Crippen LogP contribution in [-0.4, -0.2) is 41.1 Å². The second-order valence-electron chi connectivity index (χ2n) is 6.35. The molecule has 0 aliphatic rings. The van der Waals surface area contributed by atoms with Gasteiger partial charge in [0.15, 0.2) is 0 Å². The first-order chi connectivity index (χ1) is 11.7. The Kier molecular flexibility index (Phi) is 6.21. The Balaban J connectivity index is 2.21. The first-order valence-corrected chi connectivity index (χ1v) is 9.60. The van der Waals surface area contributed by atoms with Gasteiger partial charge in [-0.25, -0.2) is 13.1 Å². The Labute approximate surface area is 150 Å². The second kappa shape index (κ2) is 7.99. The van der Waals surface area contributed by atoms with E-state index in [1.54, 1.807) is 19.2 Å². The number of nitrogens with zero attached hydrogens (tertiary/aromatic N) is 1. The molecule has 0 heterocycles. The fourth-order valence-corrected chi connectivity index (χ4v) is 3.72. The van der Waals surface area contributed by atoms with Crippen molar-refractivity contribution in [2.24, 2.45) is 0 Å². The monoisotopic (exact) mass is 362 g/mol. The lowest BCUT2D eigenvalue weighted by Crippen LogP contribution is -2.34. The van der Waals surface area contributed by atoms with Gasteiger partial charge in [0.2, 0.25) is 10.0 Å². The Morgan fingerprint density at radius 3 is 2.40 bits per heavy atom. The summed E-state index contributed by atoms with van der Waals surface area (Å²) >= 11 is 0. The Bertz CT molecular complexity index is 832. The quantitative estimate of drug-likeness (QED) is 0.823. The molecular weight excluding hydrogens is 336 g/mol. The minimum absolute atomic E-state index is 0.101. The van der Waals surface area contributed by atoms with Crippen LogP contribution >= 0.6 is 0 Å². The van der Waals surface area contributed by atoms with E-state index >= 15 is 0 Å². The molecule has 136 valence electrons. The third-order valence-corrected chi connectivity index (χ3v) is 5.78. The fraction of sp³-hybridized carbons (Fsp3) is 0.368. The molecule has 0 aromatic heterocycles. The topological polar surface area (TPSA) is 58.6 Å². The number of methoxy groups -OCH3 is 1. The summed E-state index contributed by atoms with van der Waals surface area (Å²) in [6, 6.07) is 12.7. The minimum Gasteiger partial charge on any atom is -0.497 e. The zero-order valence-corrected chi connectivity index (χ0v) is 16.2. The predicted octanol–water partition coefficient (Wildman–Crippen LogP) is 2.89. The van der Waals surface area contributed by atoms with E-state index in [0.29, 0.717) is 4.90 Å². The van der Waals surface area contributed by atoms with Crippen LogP contribution in [-0.2, 0) is 10.0 Å². The number of likely N-dealkylation sites (N-methyl/N-ethyl adjacent to an activating group) is 1. The van der Waals surface area contributed by atoms with Gasteiger partial charge in [0, 0.05) is 12.6 Å². The molecule has 0 bridgehead atoms. The van der Waals surface area contributed by atoms with Gasteiger partial charge in [0.25, 0.3) is 0 Å². The van der Waals surface area contributed by atoms with Crippen molar-refractivity contribution in [1.29, 1.82) is 0 Å². The number of aryl methyl sites for hydroxylation is 2. The van der Waals surface area contributed by atoms with Crippen LogP contribution in [0.25, 0.3) is 0 Å². The van der Waals surface area contributed by atoms with Gasteiger partial charge in [0.1, 0.15) is 5.75 Å². The summed E-state index contributed by atoms with van der Waals surface area (Å²) in [6.07, 6.45) is 0. The summed E-state index contributed by atoms with van der Waals surface area (Å²) in [4.78, 5) is 2.27. The van der Waals surface area contributed by atoms with Crippen molar-refractivity contribution in [2.45, 2.75) is 24.8 Å². The molecule has 0 saturated carbocycles. The van der Waals surface area contributed by atoms with Crippen molar-refractivity contribution >= 4 is 10.0 Å². The maximum Gasteiger partial charge on any atom is 0.240 e. The van der Waals surface area contributed by atoms with Crippen LogP contribution in [0.2, 0.25) is 0 Å². The summed E-state index contributed by atoms with van der Waals surface area (Å²) in [5.41, 5.74) is 3.02. The van der Waals surface area contributed by atoms with Crippen molar-refractivity contribution in [3.63, 3.8) is 0 Å². The zero-order chi connectivity index (χ0) is 18.6. The van der Waals surface area contributed by atoms with Crippen LogP contribution in [0.3, 0.4) is 0 Å². The Morgan fingerprint density at radius 1 is 1.08 bits per heavy atom. The molecule has 2 aromatic carbocycles. The van der Waals surface area contributed by atoms with Crippen molar-refractivity contribution in [2.75, 3.05) is 27.7 Å². The Morgan fingerprint density at radius 2 is 1.80 bits per heavy atom. The van der Waals surface area contributed by atoms with E-state index in [2.05, 4.69) is 4.72 Å². The maximum atomic E-state index is 12.6. The van der Waals surface area contributed by atoms with E-state index in [4.69, 9.17) is 4.74 Å². The molecule has 0 radical (unpaired) electrons. The lowest BCUT2D eigenvalue weighted by atomic mass is 10.1. The molecule has 0 spiro atoms. The molecule has 0 fully saturated rings. The van der Waals surface area contributed by atoms with Crippen LogP contribution in [0.5, 0.6) is 5.75 Å². The third kappa shape index (κ3) is 4.81. The number of ether oxygens (including phenoxy) is 1. The zero-order valence-electron chi connectivity index (χ0n) is 15.4. The van der Waals surface area contributed by atoms with Crippen molar-refractivity contribution in [3.05, 3.63) is 59.2 Å². The smallest absolute Gasteiger partial charge is 0.240 e. The molecular formula is C19H26N2O3S. The molecule has 1 atom stereocenters. The van der Waals surface area contributed by atoms with Gasteiger partial charge >= 0.3 is 0 Å². The normalized spacial score (nSPS) is 13.0. The van der Waals surface area contributed by atoms with E-state index in [1.165, 1.54) is 0 Å². The van der Waals surface area contributed by atoms with Crippen LogP contribution in [0.4, 0.5) is 0 Å². The number of sulfonamides is 1. The van der Waals surface area contributed by atoms with E-state index < -0.39 is 10.0 Å². The van der Waals surface area contributed by atoms with E-state index in [9.17, 15) is 8.42 Å². The average Bonchev–Trinajstić information content (AvgIpc) is 2.57. The van der Waals surface area contributed by atoms with Crippen molar-refractivity contribution in [3.8, 4) is 5.75 Å². The second-order valence-corrected chi connectivity index (χ2v) is 8.12. The lowest BCUT2D eigenvalue weighted by molar-refractivity contribution is 0.298. The fourth-order valence-electron chi connectivity index (χ4n) is 2.60. The summed E-state index contributed by atoms with van der Waals surface area (Å²) < 4.78 is 33.2. The van der Waals surface area contributed by atoms with Crippen LogP contribution in [0, 0.1) is 13.8 Å². The lowest BCUT2D eigenvalue weighted by Gasteiger charge is -2.25. The summed E-state index contributed by atoms with van der Waals surface area (Å²) in [7, 11) is 1.91. The molecule has 1 unspecified atom stereocenters. The summed E-state index contributed by atoms with van der Waals surface area (Å²) in [6.45, 7) is 4.15. The van der Waals surface area contributed by atoms with Crippen LogP contribution < -0.4 is 9.46 Å². The SMILES string of the molecule is COc1cccc(C(CNS(=O)(=O)c2ccc(C)c(C)c2)N(C)C)c1. The van der Waals surface area contributed by atoms with E-state index in [1.807, 2.05) is 63.2 Å². The molecule has 2 aromatic rings.